The van der Waals surface area contributed by atoms with E-state index in [2.05, 4.69) is 17.4 Å². The Bertz CT molecular complexity index is 429. The van der Waals surface area contributed by atoms with Crippen LogP contribution in [0.3, 0.4) is 0 Å². The van der Waals surface area contributed by atoms with E-state index < -0.39 is 5.97 Å². The largest absolute Gasteiger partial charge is 0.481 e. The van der Waals surface area contributed by atoms with Gasteiger partial charge in [-0.25, -0.2) is 0 Å². The first-order chi connectivity index (χ1) is 10.2. The van der Waals surface area contributed by atoms with Gasteiger partial charge in [0.1, 0.15) is 0 Å². The Labute approximate surface area is 126 Å². The topological polar surface area (TPSA) is 58.6 Å². The standard InChI is InChI=1S/C17H25NO3/c1-2-21-16-11-15(12-16)18-14(8-9-17(19)20)10-13-6-4-3-5-7-13/h3-7,14-16,18H,2,8-12H2,1H3,(H,19,20). The van der Waals surface area contributed by atoms with Crippen LogP contribution in [0.4, 0.5) is 0 Å². The van der Waals surface area contributed by atoms with Crippen LogP contribution in [0, 0.1) is 0 Å². The van der Waals surface area contributed by atoms with Crippen molar-refractivity contribution >= 4 is 5.97 Å². The third kappa shape index (κ3) is 5.48. The van der Waals surface area contributed by atoms with E-state index in [-0.39, 0.29) is 12.5 Å². The molecule has 2 N–H and O–H groups in total. The third-order valence-corrected chi connectivity index (χ3v) is 4.00. The minimum Gasteiger partial charge on any atom is -0.481 e. The zero-order valence-electron chi connectivity index (χ0n) is 12.6. The second-order valence-corrected chi connectivity index (χ2v) is 5.73. The second kappa shape index (κ2) is 8.15. The number of carboxylic acids is 1. The Morgan fingerprint density at radius 1 is 1.38 bits per heavy atom. The molecule has 0 radical (unpaired) electrons. The highest BCUT2D eigenvalue weighted by atomic mass is 16.5. The highest BCUT2D eigenvalue weighted by molar-refractivity contribution is 5.66. The first kappa shape index (κ1) is 16.0. The summed E-state index contributed by atoms with van der Waals surface area (Å²) in [6.07, 6.45) is 4.21. The van der Waals surface area contributed by atoms with Crippen LogP contribution in [0.15, 0.2) is 30.3 Å². The van der Waals surface area contributed by atoms with Crippen molar-refractivity contribution in [3.05, 3.63) is 35.9 Å². The van der Waals surface area contributed by atoms with E-state index in [1.165, 1.54) is 5.56 Å². The quantitative estimate of drug-likeness (QED) is 0.734. The fourth-order valence-electron chi connectivity index (χ4n) is 2.85. The maximum atomic E-state index is 10.8. The summed E-state index contributed by atoms with van der Waals surface area (Å²) in [7, 11) is 0. The van der Waals surface area contributed by atoms with Crippen LogP contribution in [0.25, 0.3) is 0 Å². The van der Waals surface area contributed by atoms with Crippen molar-refractivity contribution in [1.29, 1.82) is 0 Å². The maximum absolute atomic E-state index is 10.8. The molecule has 4 heteroatoms. The van der Waals surface area contributed by atoms with Crippen molar-refractivity contribution < 1.29 is 14.6 Å². The monoisotopic (exact) mass is 291 g/mol. The van der Waals surface area contributed by atoms with Crippen molar-refractivity contribution in [3.8, 4) is 0 Å². The summed E-state index contributed by atoms with van der Waals surface area (Å²) in [6.45, 7) is 2.79. The summed E-state index contributed by atoms with van der Waals surface area (Å²) in [4.78, 5) is 10.8. The summed E-state index contributed by atoms with van der Waals surface area (Å²) in [5.74, 6) is -0.726. The van der Waals surface area contributed by atoms with Crippen LogP contribution < -0.4 is 5.32 Å². The number of aliphatic carboxylic acids is 1. The van der Waals surface area contributed by atoms with Gasteiger partial charge in [-0.3, -0.25) is 4.79 Å². The van der Waals surface area contributed by atoms with Gasteiger partial charge in [-0.1, -0.05) is 30.3 Å². The lowest BCUT2D eigenvalue weighted by atomic mass is 9.87. The van der Waals surface area contributed by atoms with Crippen LogP contribution in [0.1, 0.15) is 38.2 Å². The van der Waals surface area contributed by atoms with Crippen LogP contribution in [0.5, 0.6) is 0 Å². The molecule has 0 spiro atoms. The van der Waals surface area contributed by atoms with Gasteiger partial charge in [-0.15, -0.1) is 0 Å². The molecule has 0 bridgehead atoms. The zero-order chi connectivity index (χ0) is 15.1. The van der Waals surface area contributed by atoms with Crippen molar-refractivity contribution in [1.82, 2.24) is 5.32 Å². The van der Waals surface area contributed by atoms with Gasteiger partial charge in [0.2, 0.25) is 0 Å². The van der Waals surface area contributed by atoms with E-state index >= 15 is 0 Å². The number of hydrogen-bond donors (Lipinski definition) is 2. The van der Waals surface area contributed by atoms with Gasteiger partial charge in [0.05, 0.1) is 6.10 Å². The van der Waals surface area contributed by atoms with E-state index in [1.54, 1.807) is 0 Å². The molecular weight excluding hydrogens is 266 g/mol. The minimum atomic E-state index is -0.726. The Hall–Kier alpha value is -1.39. The Morgan fingerprint density at radius 3 is 2.71 bits per heavy atom. The van der Waals surface area contributed by atoms with Gasteiger partial charge < -0.3 is 15.2 Å². The van der Waals surface area contributed by atoms with Crippen LogP contribution in [-0.4, -0.2) is 35.9 Å². The number of hydrogen-bond acceptors (Lipinski definition) is 3. The maximum Gasteiger partial charge on any atom is 0.303 e. The number of nitrogens with one attached hydrogen (secondary N) is 1. The molecule has 0 aliphatic heterocycles. The highest BCUT2D eigenvalue weighted by Gasteiger charge is 2.31. The smallest absolute Gasteiger partial charge is 0.303 e. The molecule has 1 unspecified atom stereocenters. The predicted molar refractivity (Wildman–Crippen MR) is 82.4 cm³/mol. The van der Waals surface area contributed by atoms with Gasteiger partial charge in [-0.2, -0.15) is 0 Å². The van der Waals surface area contributed by atoms with Crippen LogP contribution in [0.2, 0.25) is 0 Å². The molecule has 116 valence electrons. The number of ether oxygens (including phenoxy) is 1. The van der Waals surface area contributed by atoms with Gasteiger partial charge in [0.15, 0.2) is 0 Å². The summed E-state index contributed by atoms with van der Waals surface area (Å²) < 4.78 is 5.57. The van der Waals surface area contributed by atoms with Gasteiger partial charge >= 0.3 is 5.97 Å². The first-order valence-electron chi connectivity index (χ1n) is 7.80. The molecule has 0 saturated heterocycles. The van der Waals surface area contributed by atoms with E-state index in [1.807, 2.05) is 25.1 Å². The molecular formula is C17H25NO3. The number of carbonyl (C=O) groups is 1. The first-order valence-corrected chi connectivity index (χ1v) is 7.80. The fourth-order valence-corrected chi connectivity index (χ4v) is 2.85. The van der Waals surface area contributed by atoms with Crippen LogP contribution >= 0.6 is 0 Å². The van der Waals surface area contributed by atoms with E-state index in [0.29, 0.717) is 18.6 Å². The molecule has 21 heavy (non-hydrogen) atoms. The lowest BCUT2D eigenvalue weighted by Gasteiger charge is -2.38. The summed E-state index contributed by atoms with van der Waals surface area (Å²) in [5.41, 5.74) is 1.25. The van der Waals surface area contributed by atoms with Crippen molar-refractivity contribution in [2.75, 3.05) is 6.61 Å². The van der Waals surface area contributed by atoms with Crippen molar-refractivity contribution in [3.63, 3.8) is 0 Å². The summed E-state index contributed by atoms with van der Waals surface area (Å²) in [5, 5.41) is 12.5. The predicted octanol–water partition coefficient (Wildman–Crippen LogP) is 2.62. The van der Waals surface area contributed by atoms with E-state index in [0.717, 1.165) is 25.9 Å². The van der Waals surface area contributed by atoms with Crippen LogP contribution in [-0.2, 0) is 16.0 Å². The van der Waals surface area contributed by atoms with Gasteiger partial charge in [0, 0.05) is 25.1 Å². The molecule has 0 amide bonds. The SMILES string of the molecule is CCOC1CC(NC(CCC(=O)O)Cc2ccccc2)C1. The van der Waals surface area contributed by atoms with Crippen molar-refractivity contribution in [2.24, 2.45) is 0 Å². The summed E-state index contributed by atoms with van der Waals surface area (Å²) in [6, 6.07) is 10.9. The van der Waals surface area contributed by atoms with Gasteiger partial charge in [-0.05, 0) is 38.2 Å². The highest BCUT2D eigenvalue weighted by Crippen LogP contribution is 2.24. The normalized spacial score (nSPS) is 22.5. The molecule has 1 aliphatic carbocycles. The van der Waals surface area contributed by atoms with Crippen molar-refractivity contribution in [2.45, 2.75) is 57.2 Å². The molecule has 1 atom stereocenters. The Morgan fingerprint density at radius 2 is 2.10 bits per heavy atom. The average Bonchev–Trinajstić information content (AvgIpc) is 2.43. The van der Waals surface area contributed by atoms with Gasteiger partial charge in [0.25, 0.3) is 0 Å². The Balaban J connectivity index is 1.82. The number of rotatable bonds is 9. The fraction of sp³-hybridized carbons (Fsp3) is 0.588. The molecule has 0 heterocycles. The number of carboxylic acid groups (broad SMARTS) is 1. The molecule has 2 rings (SSSR count). The number of benzene rings is 1. The summed E-state index contributed by atoms with van der Waals surface area (Å²) >= 11 is 0. The molecule has 1 saturated carbocycles. The molecule has 1 aromatic rings. The molecule has 1 fully saturated rings. The zero-order valence-corrected chi connectivity index (χ0v) is 12.6. The molecule has 4 nitrogen and oxygen atoms in total. The molecule has 1 aliphatic rings. The lowest BCUT2D eigenvalue weighted by Crippen LogP contribution is -2.50. The molecule has 1 aromatic carbocycles. The van der Waals surface area contributed by atoms with E-state index in [4.69, 9.17) is 9.84 Å². The average molecular weight is 291 g/mol. The third-order valence-electron chi connectivity index (χ3n) is 4.00. The second-order valence-electron chi connectivity index (χ2n) is 5.73. The Kier molecular flexibility index (Phi) is 6.21. The van der Waals surface area contributed by atoms with E-state index in [9.17, 15) is 4.79 Å². The molecule has 0 aromatic heterocycles. The lowest BCUT2D eigenvalue weighted by molar-refractivity contribution is -0.137. The minimum absolute atomic E-state index is 0.214.